The lowest BCUT2D eigenvalue weighted by Crippen LogP contribution is -2.52. The zero-order valence-corrected chi connectivity index (χ0v) is 12.4. The summed E-state index contributed by atoms with van der Waals surface area (Å²) in [6.07, 6.45) is 9.14. The summed E-state index contributed by atoms with van der Waals surface area (Å²) in [6, 6.07) is 0. The minimum Gasteiger partial charge on any atom is -0.299 e. The first-order valence-corrected chi connectivity index (χ1v) is 8.11. The van der Waals surface area contributed by atoms with Gasteiger partial charge in [0.1, 0.15) is 5.78 Å². The largest absolute Gasteiger partial charge is 0.299 e. The Morgan fingerprint density at radius 2 is 1.95 bits per heavy atom. The highest BCUT2D eigenvalue weighted by Crippen LogP contribution is 2.61. The second-order valence-corrected chi connectivity index (χ2v) is 7.51. The van der Waals surface area contributed by atoms with E-state index in [1.54, 1.807) is 0 Å². The Morgan fingerprint density at radius 1 is 1.14 bits per heavy atom. The van der Waals surface area contributed by atoms with Gasteiger partial charge >= 0.3 is 0 Å². The monoisotopic (exact) mass is 288 g/mol. The van der Waals surface area contributed by atoms with Gasteiger partial charge in [-0.05, 0) is 67.7 Å². The quantitative estimate of drug-likeness (QED) is 0.683. The lowest BCUT2D eigenvalue weighted by molar-refractivity contribution is -0.132. The van der Waals surface area contributed by atoms with Gasteiger partial charge in [0.25, 0.3) is 0 Å². The van der Waals surface area contributed by atoms with Crippen molar-refractivity contribution in [3.05, 3.63) is 23.8 Å². The molecule has 0 N–H and O–H groups in total. The van der Waals surface area contributed by atoms with Gasteiger partial charge in [0.05, 0.1) is 0 Å². The van der Waals surface area contributed by atoms with Crippen molar-refractivity contribution in [1.29, 1.82) is 0 Å². The van der Waals surface area contributed by atoms with Crippen molar-refractivity contribution in [3.8, 4) is 0 Å². The van der Waals surface area contributed by atoms with Gasteiger partial charge < -0.3 is 0 Å². The van der Waals surface area contributed by atoms with E-state index in [1.165, 1.54) is 18.2 Å². The van der Waals surface area contributed by atoms with Crippen LogP contribution in [0.3, 0.4) is 0 Å². The molecule has 21 heavy (non-hydrogen) atoms. The number of rotatable bonds is 0. The van der Waals surface area contributed by atoms with Crippen LogP contribution in [0.2, 0.25) is 0 Å². The molecule has 3 saturated carbocycles. The lowest BCUT2D eigenvalue weighted by atomic mass is 9.52. The zero-order valence-electron chi connectivity index (χ0n) is 12.4. The number of hydrogen-bond donors (Lipinski definition) is 0. The average molecular weight is 288 g/mol. The molecular weight excluding hydrogens is 267 g/mol. The van der Waals surface area contributed by atoms with E-state index < -0.39 is 5.67 Å². The van der Waals surface area contributed by atoms with E-state index in [9.17, 15) is 9.59 Å². The van der Waals surface area contributed by atoms with Crippen LogP contribution in [0.1, 0.15) is 45.4 Å². The van der Waals surface area contributed by atoms with Crippen LogP contribution < -0.4 is 0 Å². The standard InChI is InChI=1S/C18H21FO2/c1-17-8-7-15-13(14(17)4-5-16(17)21)3-2-11-10-12(20)6-9-18(11,15)19/h6,9-10,13-15H,2-5,7-8H2,1H3. The number of carbonyl (C=O) groups excluding carboxylic acids is 2. The molecule has 0 aromatic rings. The van der Waals surface area contributed by atoms with E-state index in [0.29, 0.717) is 30.1 Å². The normalized spacial score (nSPS) is 48.5. The molecule has 0 radical (unpaired) electrons. The number of fused-ring (bicyclic) bond motifs is 5. The molecule has 3 heteroatoms. The predicted octanol–water partition coefficient (Wildman–Crippen LogP) is 3.57. The third-order valence-electron chi connectivity index (χ3n) is 6.73. The van der Waals surface area contributed by atoms with Gasteiger partial charge in [0, 0.05) is 17.8 Å². The number of alkyl halides is 1. The van der Waals surface area contributed by atoms with Crippen molar-refractivity contribution in [2.45, 2.75) is 51.1 Å². The van der Waals surface area contributed by atoms with E-state index in [4.69, 9.17) is 0 Å². The second kappa shape index (κ2) is 4.15. The molecular formula is C18H21FO2. The highest BCUT2D eigenvalue weighted by molar-refractivity contribution is 6.01. The molecule has 5 atom stereocenters. The molecule has 3 fully saturated rings. The van der Waals surface area contributed by atoms with E-state index in [1.807, 2.05) is 0 Å². The van der Waals surface area contributed by atoms with Crippen molar-refractivity contribution in [2.75, 3.05) is 0 Å². The first-order valence-electron chi connectivity index (χ1n) is 8.11. The minimum atomic E-state index is -1.44. The van der Waals surface area contributed by atoms with Crippen molar-refractivity contribution >= 4 is 11.6 Å². The van der Waals surface area contributed by atoms with E-state index in [-0.39, 0.29) is 23.0 Å². The number of ketones is 2. The molecule has 0 aliphatic heterocycles. The van der Waals surface area contributed by atoms with Crippen molar-refractivity contribution in [3.63, 3.8) is 0 Å². The van der Waals surface area contributed by atoms with E-state index in [0.717, 1.165) is 25.7 Å². The van der Waals surface area contributed by atoms with Gasteiger partial charge in [0.15, 0.2) is 11.5 Å². The Hall–Kier alpha value is -1.25. The number of allylic oxidation sites excluding steroid dienone is 4. The van der Waals surface area contributed by atoms with Crippen molar-refractivity contribution < 1.29 is 14.0 Å². The van der Waals surface area contributed by atoms with Gasteiger partial charge in [-0.3, -0.25) is 9.59 Å². The molecule has 2 nitrogen and oxygen atoms in total. The number of Topliss-reactive ketones (excluding diaryl/α,β-unsaturated/α-hetero) is 1. The maximum Gasteiger partial charge on any atom is 0.178 e. The summed E-state index contributed by atoms with van der Waals surface area (Å²) in [5.41, 5.74) is -0.985. The number of hydrogen-bond acceptors (Lipinski definition) is 2. The van der Waals surface area contributed by atoms with E-state index >= 15 is 4.39 Å². The summed E-state index contributed by atoms with van der Waals surface area (Å²) < 4.78 is 15.6. The first-order chi connectivity index (χ1) is 9.95. The van der Waals surface area contributed by atoms with Gasteiger partial charge in [-0.2, -0.15) is 0 Å². The molecule has 0 saturated heterocycles. The topological polar surface area (TPSA) is 34.1 Å². The fourth-order valence-electron chi connectivity index (χ4n) is 5.57. The molecule has 0 bridgehead atoms. The van der Waals surface area contributed by atoms with Gasteiger partial charge in [-0.25, -0.2) is 4.39 Å². The summed E-state index contributed by atoms with van der Waals surface area (Å²) in [7, 11) is 0. The Balaban J connectivity index is 1.72. The molecule has 0 spiro atoms. The summed E-state index contributed by atoms with van der Waals surface area (Å²) in [4.78, 5) is 23.8. The maximum absolute atomic E-state index is 15.6. The Kier molecular flexibility index (Phi) is 2.65. The van der Waals surface area contributed by atoms with Gasteiger partial charge in [0.2, 0.25) is 0 Å². The highest BCUT2D eigenvalue weighted by Gasteiger charge is 2.60. The molecule has 0 amide bonds. The first kappa shape index (κ1) is 13.4. The molecule has 0 aromatic heterocycles. The Labute approximate surface area is 124 Å². The van der Waals surface area contributed by atoms with Crippen LogP contribution in [0.4, 0.5) is 4.39 Å². The SMILES string of the molecule is CC12CCC3C(CCC4=CC(=O)C=CC43F)C1CCC2=O. The van der Waals surface area contributed by atoms with E-state index in [2.05, 4.69) is 6.92 Å². The molecule has 0 heterocycles. The fraction of sp³-hybridized carbons (Fsp3) is 0.667. The summed E-state index contributed by atoms with van der Waals surface area (Å²) in [5.74, 6) is 0.868. The Bertz CT molecular complexity index is 590. The smallest absolute Gasteiger partial charge is 0.178 e. The average Bonchev–Trinajstić information content (AvgIpc) is 2.76. The van der Waals surface area contributed by atoms with Crippen LogP contribution in [0.25, 0.3) is 0 Å². The molecule has 112 valence electrons. The summed E-state index contributed by atoms with van der Waals surface area (Å²) >= 11 is 0. The molecule has 5 unspecified atom stereocenters. The van der Waals surface area contributed by atoms with Gasteiger partial charge in [-0.1, -0.05) is 6.92 Å². The third-order valence-corrected chi connectivity index (χ3v) is 6.73. The van der Waals surface area contributed by atoms with Gasteiger partial charge in [-0.15, -0.1) is 0 Å². The zero-order chi connectivity index (χ0) is 14.8. The third kappa shape index (κ3) is 1.63. The predicted molar refractivity (Wildman–Crippen MR) is 77.4 cm³/mol. The summed E-state index contributed by atoms with van der Waals surface area (Å²) in [5, 5.41) is 0. The van der Waals surface area contributed by atoms with Crippen LogP contribution in [0.15, 0.2) is 23.8 Å². The molecule has 4 rings (SSSR count). The second-order valence-electron chi connectivity index (χ2n) is 7.51. The minimum absolute atomic E-state index is 0.0502. The van der Waals surface area contributed by atoms with Crippen LogP contribution in [-0.2, 0) is 9.59 Å². The summed E-state index contributed by atoms with van der Waals surface area (Å²) in [6.45, 7) is 2.10. The maximum atomic E-state index is 15.6. The van der Waals surface area contributed by atoms with Crippen LogP contribution in [0, 0.1) is 23.2 Å². The lowest BCUT2D eigenvalue weighted by Gasteiger charge is -2.53. The number of halogens is 1. The molecule has 4 aliphatic rings. The van der Waals surface area contributed by atoms with Crippen LogP contribution in [0.5, 0.6) is 0 Å². The molecule has 4 aliphatic carbocycles. The fourth-order valence-corrected chi connectivity index (χ4v) is 5.57. The number of carbonyl (C=O) groups is 2. The highest BCUT2D eigenvalue weighted by atomic mass is 19.1. The van der Waals surface area contributed by atoms with Crippen molar-refractivity contribution in [2.24, 2.45) is 23.2 Å². The van der Waals surface area contributed by atoms with Crippen LogP contribution >= 0.6 is 0 Å². The van der Waals surface area contributed by atoms with Crippen molar-refractivity contribution in [1.82, 2.24) is 0 Å². The molecule has 0 aromatic carbocycles. The Morgan fingerprint density at radius 3 is 2.76 bits per heavy atom. The van der Waals surface area contributed by atoms with Crippen LogP contribution in [-0.4, -0.2) is 17.2 Å².